The van der Waals surface area contributed by atoms with Gasteiger partial charge in [-0.3, -0.25) is 0 Å². The van der Waals surface area contributed by atoms with Gasteiger partial charge < -0.3 is 40.7 Å². The van der Waals surface area contributed by atoms with Crippen LogP contribution in [0.3, 0.4) is 0 Å². The third-order valence-corrected chi connectivity index (χ3v) is 6.31. The van der Waals surface area contributed by atoms with Crippen LogP contribution in [0.15, 0.2) is 30.3 Å². The summed E-state index contributed by atoms with van der Waals surface area (Å²) in [6.07, 6.45) is -5.12. The van der Waals surface area contributed by atoms with Gasteiger partial charge >= 0.3 is 0 Å². The molecule has 1 aromatic heterocycles. The molecule has 174 valence electrons. The summed E-state index contributed by atoms with van der Waals surface area (Å²) in [5.41, 5.74) is 0.771. The highest BCUT2D eigenvalue weighted by Crippen LogP contribution is 2.24. The number of nitrogens with one attached hydrogen (secondary N) is 2. The Morgan fingerprint density at radius 2 is 1.78 bits per heavy atom. The van der Waals surface area contributed by atoms with Gasteiger partial charge in [-0.15, -0.1) is 0 Å². The van der Waals surface area contributed by atoms with Gasteiger partial charge in [0.05, 0.1) is 12.7 Å². The average Bonchev–Trinajstić information content (AvgIpc) is 3.11. The summed E-state index contributed by atoms with van der Waals surface area (Å²) in [6.45, 7) is 1.34. The normalized spacial score (nSPS) is 26.7. The van der Waals surface area contributed by atoms with Crippen molar-refractivity contribution in [2.45, 2.75) is 30.6 Å². The zero-order valence-corrected chi connectivity index (χ0v) is 18.2. The first-order chi connectivity index (χ1) is 15.5. The summed E-state index contributed by atoms with van der Waals surface area (Å²) < 4.78 is 5.48. The topological polar surface area (TPSA) is 156 Å². The fourth-order valence-corrected chi connectivity index (χ4v) is 4.44. The molecule has 0 bridgehead atoms. The van der Waals surface area contributed by atoms with E-state index >= 15 is 0 Å². The number of thioether (sulfide) groups is 1. The predicted octanol–water partition coefficient (Wildman–Crippen LogP) is -0.579. The van der Waals surface area contributed by atoms with Gasteiger partial charge in [-0.2, -0.15) is 26.7 Å². The van der Waals surface area contributed by atoms with Crippen molar-refractivity contribution in [2.24, 2.45) is 0 Å². The smallest absolute Gasteiger partial charge is 0.232 e. The predicted molar refractivity (Wildman–Crippen MR) is 121 cm³/mol. The van der Waals surface area contributed by atoms with Crippen molar-refractivity contribution in [2.75, 3.05) is 53.3 Å². The van der Waals surface area contributed by atoms with Crippen molar-refractivity contribution in [1.82, 2.24) is 15.0 Å². The molecule has 5 atom stereocenters. The lowest BCUT2D eigenvalue weighted by atomic mass is 10.1. The molecule has 2 aromatic rings. The second kappa shape index (κ2) is 10.6. The van der Waals surface area contributed by atoms with E-state index in [1.165, 1.54) is 0 Å². The van der Waals surface area contributed by atoms with Crippen LogP contribution in [0.25, 0.3) is 0 Å². The van der Waals surface area contributed by atoms with Crippen molar-refractivity contribution in [3.63, 3.8) is 0 Å². The molecular weight excluding hydrogens is 436 g/mol. The van der Waals surface area contributed by atoms with Gasteiger partial charge in [0.2, 0.25) is 17.8 Å². The van der Waals surface area contributed by atoms with Crippen molar-refractivity contribution < 1.29 is 25.2 Å². The minimum Gasteiger partial charge on any atom is -0.394 e. The summed E-state index contributed by atoms with van der Waals surface area (Å²) >= 11 is 1.86. The van der Waals surface area contributed by atoms with Gasteiger partial charge in [0.1, 0.15) is 18.3 Å². The largest absolute Gasteiger partial charge is 0.394 e. The quantitative estimate of drug-likeness (QED) is 0.296. The van der Waals surface area contributed by atoms with Crippen molar-refractivity contribution in [1.29, 1.82) is 0 Å². The number of anilines is 3. The molecule has 12 heteroatoms. The SMILES string of the molecule is OC[C@H]1O[C@@H](Nc2nc(NCC(O)c3ccccc3)nc(N3CCSCC3)n2)[C@H](O)[C@@H]1O. The number of hydrogen-bond donors (Lipinski definition) is 6. The van der Waals surface area contributed by atoms with E-state index in [2.05, 4.69) is 25.6 Å². The molecule has 0 radical (unpaired) electrons. The van der Waals surface area contributed by atoms with Gasteiger partial charge in [-0.05, 0) is 5.56 Å². The standard InChI is InChI=1S/C20H28N6O5S/c27-11-14-15(29)16(30)17(31-14)22-19-23-18(21-10-13(28)12-4-2-1-3-5-12)24-20(25-19)26-6-8-32-9-7-26/h1-5,13-17,27-30H,6-11H2,(H2,21,22,23,24,25)/t13?,14-,15-,16-,17-/m1/s1. The number of aliphatic hydroxyl groups excluding tert-OH is 4. The molecule has 4 rings (SSSR count). The van der Waals surface area contributed by atoms with Crippen LogP contribution in [0, 0.1) is 0 Å². The Morgan fingerprint density at radius 3 is 2.47 bits per heavy atom. The van der Waals surface area contributed by atoms with Gasteiger partial charge in [-0.1, -0.05) is 30.3 Å². The van der Waals surface area contributed by atoms with Crippen molar-refractivity contribution in [3.8, 4) is 0 Å². The number of nitrogens with zero attached hydrogens (tertiary/aromatic N) is 4. The molecule has 11 nitrogen and oxygen atoms in total. The zero-order valence-electron chi connectivity index (χ0n) is 17.4. The lowest BCUT2D eigenvalue weighted by Gasteiger charge is -2.27. The molecule has 1 unspecified atom stereocenters. The number of hydrogen-bond acceptors (Lipinski definition) is 12. The number of benzene rings is 1. The number of aliphatic hydroxyl groups is 4. The fraction of sp³-hybridized carbons (Fsp3) is 0.550. The van der Waals surface area contributed by atoms with Gasteiger partial charge in [0.25, 0.3) is 0 Å². The second-order valence-corrected chi connectivity index (χ2v) is 8.82. The van der Waals surface area contributed by atoms with Crippen molar-refractivity contribution >= 4 is 29.6 Å². The second-order valence-electron chi connectivity index (χ2n) is 7.59. The van der Waals surface area contributed by atoms with E-state index in [-0.39, 0.29) is 18.4 Å². The lowest BCUT2D eigenvalue weighted by Crippen LogP contribution is -2.37. The molecule has 1 aromatic carbocycles. The van der Waals surface area contributed by atoms with Crippen LogP contribution in [0.1, 0.15) is 11.7 Å². The highest BCUT2D eigenvalue weighted by Gasteiger charge is 2.42. The molecular formula is C20H28N6O5S. The van der Waals surface area contributed by atoms with Gasteiger partial charge in [0, 0.05) is 31.1 Å². The van der Waals surface area contributed by atoms with E-state index in [4.69, 9.17) is 4.74 Å². The highest BCUT2D eigenvalue weighted by atomic mass is 32.2. The fourth-order valence-electron chi connectivity index (χ4n) is 3.54. The first-order valence-corrected chi connectivity index (χ1v) is 11.7. The first kappa shape index (κ1) is 23.0. The summed E-state index contributed by atoms with van der Waals surface area (Å²) in [6, 6.07) is 9.28. The molecule has 3 heterocycles. The monoisotopic (exact) mass is 464 g/mol. The molecule has 0 spiro atoms. The maximum atomic E-state index is 10.5. The Balaban J connectivity index is 1.51. The molecule has 6 N–H and O–H groups in total. The van der Waals surface area contributed by atoms with Gasteiger partial charge in [-0.25, -0.2) is 0 Å². The summed E-state index contributed by atoms with van der Waals surface area (Å²) in [5, 5.41) is 45.9. The van der Waals surface area contributed by atoms with Crippen LogP contribution in [0.2, 0.25) is 0 Å². The number of aromatic nitrogens is 3. The third kappa shape index (κ3) is 5.39. The lowest BCUT2D eigenvalue weighted by molar-refractivity contribution is -0.0154. The Hall–Kier alpha value is -2.22. The Bertz CT molecular complexity index is 875. The molecule has 2 aliphatic rings. The number of rotatable bonds is 8. The highest BCUT2D eigenvalue weighted by molar-refractivity contribution is 7.99. The van der Waals surface area contributed by atoms with Crippen LogP contribution in [0.5, 0.6) is 0 Å². The molecule has 32 heavy (non-hydrogen) atoms. The Labute approximate surface area is 189 Å². The minimum absolute atomic E-state index is 0.153. The van der Waals surface area contributed by atoms with E-state index in [0.29, 0.717) is 5.95 Å². The molecule has 2 aliphatic heterocycles. The van der Waals surface area contributed by atoms with E-state index in [9.17, 15) is 20.4 Å². The summed E-state index contributed by atoms with van der Waals surface area (Å²) in [4.78, 5) is 15.3. The van der Waals surface area contributed by atoms with Crippen LogP contribution in [-0.4, -0.2) is 97.7 Å². The molecule has 2 saturated heterocycles. The van der Waals surface area contributed by atoms with E-state index in [1.807, 2.05) is 47.0 Å². The maximum absolute atomic E-state index is 10.5. The van der Waals surface area contributed by atoms with E-state index < -0.39 is 37.3 Å². The van der Waals surface area contributed by atoms with E-state index in [1.54, 1.807) is 0 Å². The minimum atomic E-state index is -1.25. The third-order valence-electron chi connectivity index (χ3n) is 5.37. The number of ether oxygens (including phenoxy) is 1. The zero-order chi connectivity index (χ0) is 22.5. The van der Waals surface area contributed by atoms with E-state index in [0.717, 1.165) is 30.2 Å². The molecule has 0 aliphatic carbocycles. The Morgan fingerprint density at radius 1 is 1.06 bits per heavy atom. The van der Waals surface area contributed by atoms with Gasteiger partial charge in [0.15, 0.2) is 6.23 Å². The summed E-state index contributed by atoms with van der Waals surface area (Å²) in [5.74, 6) is 2.79. The molecule has 2 fully saturated rings. The van der Waals surface area contributed by atoms with Crippen LogP contribution in [-0.2, 0) is 4.74 Å². The summed E-state index contributed by atoms with van der Waals surface area (Å²) in [7, 11) is 0. The van der Waals surface area contributed by atoms with Crippen LogP contribution >= 0.6 is 11.8 Å². The van der Waals surface area contributed by atoms with Crippen LogP contribution in [0.4, 0.5) is 17.8 Å². The molecule has 0 amide bonds. The van der Waals surface area contributed by atoms with Crippen LogP contribution < -0.4 is 15.5 Å². The average molecular weight is 465 g/mol. The first-order valence-electron chi connectivity index (χ1n) is 10.5. The van der Waals surface area contributed by atoms with Crippen molar-refractivity contribution in [3.05, 3.63) is 35.9 Å². The maximum Gasteiger partial charge on any atom is 0.232 e. The molecule has 0 saturated carbocycles. The Kier molecular flexibility index (Phi) is 7.60.